The fourth-order valence-corrected chi connectivity index (χ4v) is 0.997. The number of hydrogen-bond acceptors (Lipinski definition) is 2. The third-order valence-electron chi connectivity index (χ3n) is 1.57. The molecule has 0 atom stereocenters. The lowest BCUT2D eigenvalue weighted by Gasteiger charge is -2.27. The standard InChI is InChI=1S/C10H16N2O/c1-4-7-10(11,8-5-2)12-9(13)6-3/h4-6H,1-3,7-8,11H2,(H,12,13). The van der Waals surface area contributed by atoms with Crippen LogP contribution < -0.4 is 11.1 Å². The summed E-state index contributed by atoms with van der Waals surface area (Å²) in [6.07, 6.45) is 5.50. The van der Waals surface area contributed by atoms with E-state index in [9.17, 15) is 4.79 Å². The molecule has 0 saturated heterocycles. The monoisotopic (exact) mass is 180 g/mol. The van der Waals surface area contributed by atoms with Gasteiger partial charge in [-0.15, -0.1) is 13.2 Å². The predicted octanol–water partition coefficient (Wildman–Crippen LogP) is 1.10. The molecule has 0 rings (SSSR count). The first-order valence-corrected chi connectivity index (χ1v) is 4.03. The highest BCUT2D eigenvalue weighted by Crippen LogP contribution is 2.09. The van der Waals surface area contributed by atoms with Crippen molar-refractivity contribution >= 4 is 5.91 Å². The fourth-order valence-electron chi connectivity index (χ4n) is 0.997. The summed E-state index contributed by atoms with van der Waals surface area (Å²) in [6.45, 7) is 10.5. The molecule has 0 spiro atoms. The molecular formula is C10H16N2O. The van der Waals surface area contributed by atoms with E-state index in [0.29, 0.717) is 12.8 Å². The van der Waals surface area contributed by atoms with Crippen LogP contribution in [0.4, 0.5) is 0 Å². The van der Waals surface area contributed by atoms with Gasteiger partial charge in [-0.1, -0.05) is 18.7 Å². The third-order valence-corrected chi connectivity index (χ3v) is 1.57. The highest BCUT2D eigenvalue weighted by atomic mass is 16.1. The molecule has 3 nitrogen and oxygen atoms in total. The van der Waals surface area contributed by atoms with Crippen LogP contribution in [-0.4, -0.2) is 11.6 Å². The molecular weight excluding hydrogens is 164 g/mol. The molecule has 0 aliphatic heterocycles. The molecule has 0 aliphatic rings. The summed E-state index contributed by atoms with van der Waals surface area (Å²) in [4.78, 5) is 11.0. The zero-order valence-electron chi connectivity index (χ0n) is 7.75. The summed E-state index contributed by atoms with van der Waals surface area (Å²) in [6, 6.07) is 0. The molecule has 0 unspecified atom stereocenters. The number of hydrogen-bond donors (Lipinski definition) is 2. The van der Waals surface area contributed by atoms with Crippen LogP contribution in [0.25, 0.3) is 0 Å². The first-order chi connectivity index (χ1) is 6.08. The maximum absolute atomic E-state index is 11.0. The van der Waals surface area contributed by atoms with Gasteiger partial charge in [-0.05, 0) is 6.08 Å². The molecule has 0 bridgehead atoms. The number of amides is 1. The van der Waals surface area contributed by atoms with E-state index in [0.717, 1.165) is 0 Å². The second-order valence-corrected chi connectivity index (χ2v) is 2.84. The maximum Gasteiger partial charge on any atom is 0.244 e. The number of carbonyl (C=O) groups excluding carboxylic acids is 1. The van der Waals surface area contributed by atoms with Crippen molar-refractivity contribution in [1.82, 2.24) is 5.32 Å². The van der Waals surface area contributed by atoms with Gasteiger partial charge in [-0.2, -0.15) is 0 Å². The van der Waals surface area contributed by atoms with Crippen molar-refractivity contribution in [2.45, 2.75) is 18.5 Å². The Hall–Kier alpha value is -1.35. The van der Waals surface area contributed by atoms with Crippen LogP contribution in [0.1, 0.15) is 12.8 Å². The van der Waals surface area contributed by atoms with E-state index in [2.05, 4.69) is 25.1 Å². The van der Waals surface area contributed by atoms with E-state index in [1.54, 1.807) is 12.2 Å². The van der Waals surface area contributed by atoms with Crippen LogP contribution >= 0.6 is 0 Å². The first-order valence-electron chi connectivity index (χ1n) is 4.03. The van der Waals surface area contributed by atoms with Gasteiger partial charge in [0, 0.05) is 12.8 Å². The van der Waals surface area contributed by atoms with Gasteiger partial charge in [0.1, 0.15) is 0 Å². The van der Waals surface area contributed by atoms with E-state index in [1.807, 2.05) is 0 Å². The van der Waals surface area contributed by atoms with Crippen LogP contribution in [0.15, 0.2) is 38.0 Å². The van der Waals surface area contributed by atoms with E-state index in [-0.39, 0.29) is 5.91 Å². The molecule has 0 aromatic heterocycles. The Labute approximate surface area is 79.0 Å². The molecule has 3 N–H and O–H groups in total. The van der Waals surface area contributed by atoms with Crippen LogP contribution in [-0.2, 0) is 4.79 Å². The minimum atomic E-state index is -0.783. The molecule has 72 valence electrons. The summed E-state index contributed by atoms with van der Waals surface area (Å²) in [5.41, 5.74) is 5.09. The number of nitrogens with two attached hydrogens (primary N) is 1. The van der Waals surface area contributed by atoms with Crippen molar-refractivity contribution in [3.63, 3.8) is 0 Å². The largest absolute Gasteiger partial charge is 0.334 e. The second kappa shape index (κ2) is 5.32. The van der Waals surface area contributed by atoms with Gasteiger partial charge < -0.3 is 11.1 Å². The molecule has 0 aromatic rings. The highest BCUT2D eigenvalue weighted by Gasteiger charge is 2.22. The Morgan fingerprint density at radius 1 is 1.31 bits per heavy atom. The zero-order chi connectivity index (χ0) is 10.3. The normalized spacial score (nSPS) is 10.2. The van der Waals surface area contributed by atoms with Crippen molar-refractivity contribution in [2.75, 3.05) is 0 Å². The van der Waals surface area contributed by atoms with Crippen LogP contribution in [0.2, 0.25) is 0 Å². The van der Waals surface area contributed by atoms with Gasteiger partial charge in [0.25, 0.3) is 0 Å². The smallest absolute Gasteiger partial charge is 0.244 e. The van der Waals surface area contributed by atoms with Crippen molar-refractivity contribution in [2.24, 2.45) is 5.73 Å². The summed E-state index contributed by atoms with van der Waals surface area (Å²) in [5.74, 6) is -0.286. The third kappa shape index (κ3) is 4.28. The summed E-state index contributed by atoms with van der Waals surface area (Å²) in [5, 5.41) is 2.62. The average Bonchev–Trinajstić information content (AvgIpc) is 2.04. The lowest BCUT2D eigenvalue weighted by Crippen LogP contribution is -2.54. The molecule has 0 fully saturated rings. The number of carbonyl (C=O) groups is 1. The Bertz CT molecular complexity index is 211. The molecule has 0 radical (unpaired) electrons. The lowest BCUT2D eigenvalue weighted by molar-refractivity contribution is -0.118. The number of rotatable bonds is 6. The first kappa shape index (κ1) is 11.6. The minimum Gasteiger partial charge on any atom is -0.334 e. The van der Waals surface area contributed by atoms with Gasteiger partial charge >= 0.3 is 0 Å². The Kier molecular flexibility index (Phi) is 4.77. The topological polar surface area (TPSA) is 55.1 Å². The molecule has 0 heterocycles. The lowest BCUT2D eigenvalue weighted by atomic mass is 10.0. The van der Waals surface area contributed by atoms with E-state index in [4.69, 9.17) is 5.73 Å². The molecule has 13 heavy (non-hydrogen) atoms. The SMILES string of the molecule is C=CCC(N)(CC=C)NC(=O)C=C. The van der Waals surface area contributed by atoms with Crippen LogP contribution in [0.3, 0.4) is 0 Å². The average molecular weight is 180 g/mol. The number of nitrogens with one attached hydrogen (secondary N) is 1. The maximum atomic E-state index is 11.0. The Morgan fingerprint density at radius 3 is 2.08 bits per heavy atom. The summed E-state index contributed by atoms with van der Waals surface area (Å²) >= 11 is 0. The van der Waals surface area contributed by atoms with Gasteiger partial charge in [0.15, 0.2) is 0 Å². The Balaban J connectivity index is 4.37. The minimum absolute atomic E-state index is 0.286. The summed E-state index contributed by atoms with van der Waals surface area (Å²) < 4.78 is 0. The van der Waals surface area contributed by atoms with Crippen molar-refractivity contribution in [1.29, 1.82) is 0 Å². The van der Waals surface area contributed by atoms with E-state index >= 15 is 0 Å². The molecule has 1 amide bonds. The van der Waals surface area contributed by atoms with Gasteiger partial charge in [0.2, 0.25) is 5.91 Å². The van der Waals surface area contributed by atoms with E-state index in [1.165, 1.54) is 6.08 Å². The van der Waals surface area contributed by atoms with Crippen LogP contribution in [0.5, 0.6) is 0 Å². The predicted molar refractivity (Wildman–Crippen MR) is 54.9 cm³/mol. The van der Waals surface area contributed by atoms with E-state index < -0.39 is 5.66 Å². The molecule has 3 heteroatoms. The fraction of sp³-hybridized carbons (Fsp3) is 0.300. The van der Waals surface area contributed by atoms with Gasteiger partial charge in [-0.3, -0.25) is 4.79 Å². The van der Waals surface area contributed by atoms with Gasteiger partial charge in [-0.25, -0.2) is 0 Å². The molecule has 0 aliphatic carbocycles. The molecule has 0 aromatic carbocycles. The van der Waals surface area contributed by atoms with Crippen LogP contribution in [0, 0.1) is 0 Å². The van der Waals surface area contributed by atoms with Crippen molar-refractivity contribution in [3.05, 3.63) is 38.0 Å². The van der Waals surface area contributed by atoms with Gasteiger partial charge in [0.05, 0.1) is 5.66 Å². The Morgan fingerprint density at radius 2 is 1.77 bits per heavy atom. The van der Waals surface area contributed by atoms with Crippen molar-refractivity contribution in [3.8, 4) is 0 Å². The quantitative estimate of drug-likeness (QED) is 0.365. The summed E-state index contributed by atoms with van der Waals surface area (Å²) in [7, 11) is 0. The molecule has 0 saturated carbocycles. The van der Waals surface area contributed by atoms with Crippen molar-refractivity contribution < 1.29 is 4.79 Å². The highest BCUT2D eigenvalue weighted by molar-refractivity contribution is 5.87. The second-order valence-electron chi connectivity index (χ2n) is 2.84. The zero-order valence-corrected chi connectivity index (χ0v) is 7.75.